The van der Waals surface area contributed by atoms with Crippen molar-refractivity contribution in [3.63, 3.8) is 0 Å². The smallest absolute Gasteiger partial charge is 0.138 e. The van der Waals surface area contributed by atoms with E-state index in [1.165, 1.54) is 12.1 Å². The van der Waals surface area contributed by atoms with Crippen molar-refractivity contribution in [3.8, 4) is 0 Å². The molecule has 1 heterocycles. The van der Waals surface area contributed by atoms with E-state index in [9.17, 15) is 9.50 Å². The van der Waals surface area contributed by atoms with Gasteiger partial charge in [0.1, 0.15) is 23.3 Å². The van der Waals surface area contributed by atoms with Gasteiger partial charge in [0.25, 0.3) is 0 Å². The maximum atomic E-state index is 13.4. The molecule has 1 unspecified atom stereocenters. The number of furan rings is 1. The van der Waals surface area contributed by atoms with Crippen LogP contribution < -0.4 is 0 Å². The molecule has 0 radical (unpaired) electrons. The van der Waals surface area contributed by atoms with E-state index in [1.54, 1.807) is 12.1 Å². The van der Waals surface area contributed by atoms with E-state index in [-0.39, 0.29) is 5.82 Å². The molecule has 2 aromatic carbocycles. The fourth-order valence-corrected chi connectivity index (χ4v) is 2.42. The van der Waals surface area contributed by atoms with Gasteiger partial charge in [0, 0.05) is 5.39 Å². The number of aliphatic hydroxyl groups excluding tert-OH is 1. The van der Waals surface area contributed by atoms with Crippen LogP contribution in [0.5, 0.6) is 0 Å². The SMILES string of the molecule is Cc1ccc(F)cc1C(O)c1cc2cccc(C)c2o1. The van der Waals surface area contributed by atoms with E-state index in [2.05, 4.69) is 0 Å². The fourth-order valence-electron chi connectivity index (χ4n) is 2.42. The first-order chi connectivity index (χ1) is 9.56. The van der Waals surface area contributed by atoms with Crippen LogP contribution >= 0.6 is 0 Å². The molecular weight excluding hydrogens is 255 g/mol. The molecule has 1 N–H and O–H groups in total. The van der Waals surface area contributed by atoms with E-state index in [0.717, 1.165) is 22.1 Å². The van der Waals surface area contributed by atoms with E-state index < -0.39 is 6.10 Å². The van der Waals surface area contributed by atoms with Crippen LogP contribution in [0.25, 0.3) is 11.0 Å². The van der Waals surface area contributed by atoms with Crippen molar-refractivity contribution in [1.82, 2.24) is 0 Å². The van der Waals surface area contributed by atoms with E-state index >= 15 is 0 Å². The third kappa shape index (κ3) is 2.10. The number of hydrogen-bond donors (Lipinski definition) is 1. The van der Waals surface area contributed by atoms with Gasteiger partial charge in [0.2, 0.25) is 0 Å². The molecule has 0 aliphatic heterocycles. The van der Waals surface area contributed by atoms with Crippen molar-refractivity contribution >= 4 is 11.0 Å². The predicted molar refractivity (Wildman–Crippen MR) is 76.1 cm³/mol. The normalized spacial score (nSPS) is 12.8. The molecule has 20 heavy (non-hydrogen) atoms. The van der Waals surface area contributed by atoms with Gasteiger partial charge < -0.3 is 9.52 Å². The molecule has 1 atom stereocenters. The Labute approximate surface area is 116 Å². The number of para-hydroxylation sites is 1. The summed E-state index contributed by atoms with van der Waals surface area (Å²) in [6.07, 6.45) is -0.961. The highest BCUT2D eigenvalue weighted by Gasteiger charge is 2.18. The van der Waals surface area contributed by atoms with E-state index in [0.29, 0.717) is 11.3 Å². The maximum Gasteiger partial charge on any atom is 0.138 e. The molecule has 3 heteroatoms. The Bertz CT molecular complexity index is 774. The summed E-state index contributed by atoms with van der Waals surface area (Å²) in [6, 6.07) is 12.0. The van der Waals surface area contributed by atoms with Crippen molar-refractivity contribution in [2.24, 2.45) is 0 Å². The Morgan fingerprint density at radius 2 is 1.85 bits per heavy atom. The Hall–Kier alpha value is -2.13. The minimum absolute atomic E-state index is 0.364. The number of rotatable bonds is 2. The summed E-state index contributed by atoms with van der Waals surface area (Å²) in [5, 5.41) is 11.4. The van der Waals surface area contributed by atoms with Crippen molar-refractivity contribution in [2.45, 2.75) is 20.0 Å². The highest BCUT2D eigenvalue weighted by molar-refractivity contribution is 5.81. The topological polar surface area (TPSA) is 33.4 Å². The molecule has 3 aromatic rings. The Kier molecular flexibility index (Phi) is 3.07. The van der Waals surface area contributed by atoms with Crippen LogP contribution in [0.15, 0.2) is 46.9 Å². The lowest BCUT2D eigenvalue weighted by Gasteiger charge is -2.11. The highest BCUT2D eigenvalue weighted by atomic mass is 19.1. The molecule has 0 aliphatic carbocycles. The molecule has 102 valence electrons. The third-order valence-electron chi connectivity index (χ3n) is 3.57. The molecule has 0 amide bonds. The van der Waals surface area contributed by atoms with Gasteiger partial charge in [0.15, 0.2) is 0 Å². The van der Waals surface area contributed by atoms with Crippen LogP contribution in [-0.2, 0) is 0 Å². The number of aryl methyl sites for hydroxylation is 2. The molecular formula is C17H15FO2. The van der Waals surface area contributed by atoms with Crippen LogP contribution in [0.3, 0.4) is 0 Å². The lowest BCUT2D eigenvalue weighted by atomic mass is 10.0. The Morgan fingerprint density at radius 3 is 2.60 bits per heavy atom. The van der Waals surface area contributed by atoms with Gasteiger partial charge in [-0.3, -0.25) is 0 Å². The van der Waals surface area contributed by atoms with Crippen molar-refractivity contribution in [2.75, 3.05) is 0 Å². The molecule has 0 saturated heterocycles. The second-order valence-electron chi connectivity index (χ2n) is 5.05. The fraction of sp³-hybridized carbons (Fsp3) is 0.176. The van der Waals surface area contributed by atoms with Crippen molar-refractivity contribution < 1.29 is 13.9 Å². The molecule has 1 aromatic heterocycles. The average molecular weight is 270 g/mol. The Balaban J connectivity index is 2.10. The van der Waals surface area contributed by atoms with Crippen LogP contribution in [0, 0.1) is 19.7 Å². The number of benzene rings is 2. The average Bonchev–Trinajstić information content (AvgIpc) is 2.86. The molecule has 0 spiro atoms. The number of fused-ring (bicyclic) bond motifs is 1. The second-order valence-corrected chi connectivity index (χ2v) is 5.05. The van der Waals surface area contributed by atoms with E-state index in [1.807, 2.05) is 32.0 Å². The Morgan fingerprint density at radius 1 is 1.05 bits per heavy atom. The lowest BCUT2D eigenvalue weighted by molar-refractivity contribution is 0.191. The molecule has 3 rings (SSSR count). The first-order valence-corrected chi connectivity index (χ1v) is 6.49. The first-order valence-electron chi connectivity index (χ1n) is 6.49. The van der Waals surface area contributed by atoms with Gasteiger partial charge in [-0.2, -0.15) is 0 Å². The summed E-state index contributed by atoms with van der Waals surface area (Å²) in [5.41, 5.74) is 3.13. The maximum absolute atomic E-state index is 13.4. The van der Waals surface area contributed by atoms with Gasteiger partial charge in [-0.05, 0) is 48.7 Å². The summed E-state index contributed by atoms with van der Waals surface area (Å²) >= 11 is 0. The summed E-state index contributed by atoms with van der Waals surface area (Å²) in [4.78, 5) is 0. The van der Waals surface area contributed by atoms with Crippen LogP contribution in [0.4, 0.5) is 4.39 Å². The quantitative estimate of drug-likeness (QED) is 0.754. The minimum atomic E-state index is -0.961. The number of hydrogen-bond acceptors (Lipinski definition) is 2. The zero-order valence-corrected chi connectivity index (χ0v) is 11.4. The summed E-state index contributed by atoms with van der Waals surface area (Å²) < 4.78 is 19.1. The van der Waals surface area contributed by atoms with Crippen LogP contribution in [-0.4, -0.2) is 5.11 Å². The summed E-state index contributed by atoms with van der Waals surface area (Å²) in [5.74, 6) is 0.0694. The van der Waals surface area contributed by atoms with E-state index in [4.69, 9.17) is 4.42 Å². The van der Waals surface area contributed by atoms with Gasteiger partial charge >= 0.3 is 0 Å². The standard InChI is InChI=1S/C17H15FO2/c1-10-6-7-13(18)9-14(10)16(19)15-8-12-5-3-4-11(2)17(12)20-15/h3-9,16,19H,1-2H3. The zero-order valence-electron chi connectivity index (χ0n) is 11.4. The molecule has 0 bridgehead atoms. The number of halogens is 1. The number of aliphatic hydroxyl groups is 1. The highest BCUT2D eigenvalue weighted by Crippen LogP contribution is 2.31. The molecule has 0 fully saturated rings. The lowest BCUT2D eigenvalue weighted by Crippen LogP contribution is -2.01. The van der Waals surface area contributed by atoms with Crippen LogP contribution in [0.1, 0.15) is 28.6 Å². The minimum Gasteiger partial charge on any atom is -0.458 e. The van der Waals surface area contributed by atoms with Crippen molar-refractivity contribution in [1.29, 1.82) is 0 Å². The van der Waals surface area contributed by atoms with Gasteiger partial charge in [-0.25, -0.2) is 4.39 Å². The largest absolute Gasteiger partial charge is 0.458 e. The second kappa shape index (κ2) is 4.76. The molecule has 0 saturated carbocycles. The van der Waals surface area contributed by atoms with Crippen molar-refractivity contribution in [3.05, 3.63) is 70.7 Å². The predicted octanol–water partition coefficient (Wildman–Crippen LogP) is 4.27. The van der Waals surface area contributed by atoms with Crippen LogP contribution in [0.2, 0.25) is 0 Å². The molecule has 0 aliphatic rings. The third-order valence-corrected chi connectivity index (χ3v) is 3.57. The monoisotopic (exact) mass is 270 g/mol. The van der Waals surface area contributed by atoms with Gasteiger partial charge in [-0.1, -0.05) is 24.3 Å². The summed E-state index contributed by atoms with van der Waals surface area (Å²) in [6.45, 7) is 3.79. The molecule has 2 nitrogen and oxygen atoms in total. The summed E-state index contributed by atoms with van der Waals surface area (Å²) in [7, 11) is 0. The zero-order chi connectivity index (χ0) is 14.3. The van der Waals surface area contributed by atoms with Gasteiger partial charge in [-0.15, -0.1) is 0 Å². The van der Waals surface area contributed by atoms with Gasteiger partial charge in [0.05, 0.1) is 0 Å². The first kappa shape index (κ1) is 12.9.